The van der Waals surface area contributed by atoms with E-state index in [0.29, 0.717) is 5.56 Å². The maximum atomic E-state index is 12.9. The monoisotopic (exact) mass is 318 g/mol. The highest BCUT2D eigenvalue weighted by Crippen LogP contribution is 2.30. The lowest BCUT2D eigenvalue weighted by Crippen LogP contribution is -2.19. The van der Waals surface area contributed by atoms with Crippen LogP contribution in [0.2, 0.25) is 0 Å². The maximum Gasteiger partial charge on any atom is 0.256 e. The third kappa shape index (κ3) is 3.16. The van der Waals surface area contributed by atoms with Crippen LogP contribution in [0.5, 0.6) is 0 Å². The molecular weight excluding hydrogens is 296 g/mol. The first kappa shape index (κ1) is 16.2. The molecule has 122 valence electrons. The summed E-state index contributed by atoms with van der Waals surface area (Å²) in [5.41, 5.74) is 4.26. The van der Waals surface area contributed by atoms with Gasteiger partial charge in [0.05, 0.1) is 11.1 Å². The zero-order valence-corrected chi connectivity index (χ0v) is 14.6. The van der Waals surface area contributed by atoms with E-state index < -0.39 is 0 Å². The van der Waals surface area contributed by atoms with E-state index in [-0.39, 0.29) is 11.3 Å². The van der Waals surface area contributed by atoms with Gasteiger partial charge >= 0.3 is 0 Å². The Labute approximate surface area is 142 Å². The van der Waals surface area contributed by atoms with Crippen molar-refractivity contribution >= 4 is 22.5 Å². The quantitative estimate of drug-likeness (QED) is 0.715. The molecule has 2 aromatic carbocycles. The standard InChI is InChI=1S/C21H22N2O/c1-14-13-16(15-9-5-7-11-18(15)22-14)20(24)23-19-12-8-6-10-17(19)21(2,3)4/h5-13H,1-4H3,(H,23,24). The number of hydrogen-bond acceptors (Lipinski definition) is 2. The Balaban J connectivity index is 2.04. The van der Waals surface area contributed by atoms with E-state index in [9.17, 15) is 4.79 Å². The summed E-state index contributed by atoms with van der Waals surface area (Å²) in [6.07, 6.45) is 0. The molecule has 0 aliphatic heterocycles. The second kappa shape index (κ2) is 6.08. The van der Waals surface area contributed by atoms with Gasteiger partial charge in [-0.15, -0.1) is 0 Å². The van der Waals surface area contributed by atoms with E-state index in [2.05, 4.69) is 37.1 Å². The summed E-state index contributed by atoms with van der Waals surface area (Å²) in [5.74, 6) is -0.103. The highest BCUT2D eigenvalue weighted by Gasteiger charge is 2.19. The molecule has 1 heterocycles. The number of anilines is 1. The van der Waals surface area contributed by atoms with Crippen molar-refractivity contribution in [1.82, 2.24) is 4.98 Å². The number of amides is 1. The van der Waals surface area contributed by atoms with E-state index in [0.717, 1.165) is 27.8 Å². The second-order valence-corrected chi connectivity index (χ2v) is 7.08. The van der Waals surface area contributed by atoms with Gasteiger partial charge in [0.15, 0.2) is 0 Å². The number of nitrogens with zero attached hydrogens (tertiary/aromatic N) is 1. The fraction of sp³-hybridized carbons (Fsp3) is 0.238. The van der Waals surface area contributed by atoms with E-state index in [1.54, 1.807) is 0 Å². The molecule has 0 radical (unpaired) electrons. The predicted octanol–water partition coefficient (Wildman–Crippen LogP) is 5.09. The Bertz CT molecular complexity index is 907. The fourth-order valence-electron chi connectivity index (χ4n) is 2.93. The normalized spacial score (nSPS) is 11.5. The third-order valence-corrected chi connectivity index (χ3v) is 4.07. The van der Waals surface area contributed by atoms with Crippen molar-refractivity contribution < 1.29 is 4.79 Å². The zero-order valence-electron chi connectivity index (χ0n) is 14.6. The van der Waals surface area contributed by atoms with Gasteiger partial charge in [-0.05, 0) is 36.1 Å². The molecule has 0 spiro atoms. The van der Waals surface area contributed by atoms with Crippen LogP contribution in [0.25, 0.3) is 10.9 Å². The van der Waals surface area contributed by atoms with E-state index >= 15 is 0 Å². The molecule has 0 fully saturated rings. The molecule has 0 saturated carbocycles. The van der Waals surface area contributed by atoms with Crippen LogP contribution >= 0.6 is 0 Å². The minimum atomic E-state index is -0.103. The van der Waals surface area contributed by atoms with Crippen molar-refractivity contribution in [2.45, 2.75) is 33.1 Å². The maximum absolute atomic E-state index is 12.9. The first-order valence-electron chi connectivity index (χ1n) is 8.13. The Morgan fingerprint density at radius 1 is 1.00 bits per heavy atom. The molecule has 0 unspecified atom stereocenters. The number of fused-ring (bicyclic) bond motifs is 1. The molecule has 1 amide bonds. The zero-order chi connectivity index (χ0) is 17.3. The molecular formula is C21H22N2O. The number of nitrogens with one attached hydrogen (secondary N) is 1. The van der Waals surface area contributed by atoms with Gasteiger partial charge in [-0.3, -0.25) is 9.78 Å². The summed E-state index contributed by atoms with van der Waals surface area (Å²) >= 11 is 0. The molecule has 0 atom stereocenters. The number of para-hydroxylation sites is 2. The van der Waals surface area contributed by atoms with Crippen LogP contribution in [0.15, 0.2) is 54.6 Å². The van der Waals surface area contributed by atoms with E-state index in [1.165, 1.54) is 0 Å². The van der Waals surface area contributed by atoms with Gasteiger partial charge in [0, 0.05) is 16.8 Å². The molecule has 3 nitrogen and oxygen atoms in total. The summed E-state index contributed by atoms with van der Waals surface area (Å²) in [7, 11) is 0. The number of pyridine rings is 1. The van der Waals surface area contributed by atoms with Crippen LogP contribution in [-0.4, -0.2) is 10.9 Å². The SMILES string of the molecule is Cc1cc(C(=O)Nc2ccccc2C(C)(C)C)c2ccccc2n1. The summed E-state index contributed by atoms with van der Waals surface area (Å²) in [5, 5.41) is 3.96. The minimum absolute atomic E-state index is 0.0416. The summed E-state index contributed by atoms with van der Waals surface area (Å²) in [6, 6.07) is 17.5. The molecule has 1 N–H and O–H groups in total. The lowest BCUT2D eigenvalue weighted by Gasteiger charge is -2.23. The van der Waals surface area contributed by atoms with Gasteiger partial charge in [0.1, 0.15) is 0 Å². The van der Waals surface area contributed by atoms with Gasteiger partial charge in [-0.25, -0.2) is 0 Å². The van der Waals surface area contributed by atoms with Gasteiger partial charge in [-0.1, -0.05) is 57.2 Å². The smallest absolute Gasteiger partial charge is 0.256 e. The molecule has 3 heteroatoms. The first-order valence-corrected chi connectivity index (χ1v) is 8.13. The van der Waals surface area contributed by atoms with Crippen LogP contribution in [0.3, 0.4) is 0 Å². The van der Waals surface area contributed by atoms with Crippen molar-refractivity contribution in [2.75, 3.05) is 5.32 Å². The minimum Gasteiger partial charge on any atom is -0.322 e. The Hall–Kier alpha value is -2.68. The Morgan fingerprint density at radius 2 is 1.67 bits per heavy atom. The Kier molecular flexibility index (Phi) is 4.10. The summed E-state index contributed by atoms with van der Waals surface area (Å²) in [6.45, 7) is 8.34. The predicted molar refractivity (Wildman–Crippen MR) is 99.6 cm³/mol. The molecule has 3 rings (SSSR count). The summed E-state index contributed by atoms with van der Waals surface area (Å²) in [4.78, 5) is 17.4. The van der Waals surface area contributed by atoms with Crippen molar-refractivity contribution in [3.63, 3.8) is 0 Å². The molecule has 24 heavy (non-hydrogen) atoms. The number of carbonyl (C=O) groups excluding carboxylic acids is 1. The third-order valence-electron chi connectivity index (χ3n) is 4.07. The van der Waals surface area contributed by atoms with Crippen molar-refractivity contribution in [1.29, 1.82) is 0 Å². The molecule has 0 aliphatic rings. The summed E-state index contributed by atoms with van der Waals surface area (Å²) < 4.78 is 0. The van der Waals surface area contributed by atoms with Crippen LogP contribution in [0.4, 0.5) is 5.69 Å². The van der Waals surface area contributed by atoms with E-state index in [1.807, 2.05) is 55.5 Å². The highest BCUT2D eigenvalue weighted by molar-refractivity contribution is 6.12. The number of carbonyl (C=O) groups is 1. The number of benzene rings is 2. The van der Waals surface area contributed by atoms with Crippen LogP contribution in [0.1, 0.15) is 42.4 Å². The van der Waals surface area contributed by atoms with Crippen LogP contribution in [-0.2, 0) is 5.41 Å². The average molecular weight is 318 g/mol. The lowest BCUT2D eigenvalue weighted by atomic mass is 9.86. The molecule has 0 saturated heterocycles. The van der Waals surface area contributed by atoms with Crippen molar-refractivity contribution in [3.8, 4) is 0 Å². The molecule has 3 aromatic rings. The number of aromatic nitrogens is 1. The average Bonchev–Trinajstić information content (AvgIpc) is 2.53. The fourth-order valence-corrected chi connectivity index (χ4v) is 2.93. The molecule has 0 aliphatic carbocycles. The van der Waals surface area contributed by atoms with Gasteiger partial charge in [0.2, 0.25) is 0 Å². The lowest BCUT2D eigenvalue weighted by molar-refractivity contribution is 0.102. The van der Waals surface area contributed by atoms with Gasteiger partial charge < -0.3 is 5.32 Å². The van der Waals surface area contributed by atoms with Gasteiger partial charge in [-0.2, -0.15) is 0 Å². The molecule has 1 aromatic heterocycles. The highest BCUT2D eigenvalue weighted by atomic mass is 16.1. The largest absolute Gasteiger partial charge is 0.322 e. The van der Waals surface area contributed by atoms with Gasteiger partial charge in [0.25, 0.3) is 5.91 Å². The van der Waals surface area contributed by atoms with Crippen LogP contribution < -0.4 is 5.32 Å². The Morgan fingerprint density at radius 3 is 2.42 bits per heavy atom. The number of hydrogen-bond donors (Lipinski definition) is 1. The molecule has 0 bridgehead atoms. The second-order valence-electron chi connectivity index (χ2n) is 7.08. The van der Waals surface area contributed by atoms with E-state index in [4.69, 9.17) is 0 Å². The topological polar surface area (TPSA) is 42.0 Å². The van der Waals surface area contributed by atoms with Crippen molar-refractivity contribution in [3.05, 3.63) is 71.4 Å². The number of aryl methyl sites for hydroxylation is 1. The first-order chi connectivity index (χ1) is 11.4. The van der Waals surface area contributed by atoms with Crippen molar-refractivity contribution in [2.24, 2.45) is 0 Å². The van der Waals surface area contributed by atoms with Crippen LogP contribution in [0, 0.1) is 6.92 Å². The number of rotatable bonds is 2.